The molecule has 0 unspecified atom stereocenters. The summed E-state index contributed by atoms with van der Waals surface area (Å²) in [5.41, 5.74) is 4.89. The fourth-order valence-corrected chi connectivity index (χ4v) is 3.44. The smallest absolute Gasteiger partial charge is 0.274 e. The molecule has 5 nitrogen and oxygen atoms in total. The predicted octanol–water partition coefficient (Wildman–Crippen LogP) is 2.56. The Morgan fingerprint density at radius 2 is 2.08 bits per heavy atom. The summed E-state index contributed by atoms with van der Waals surface area (Å²) in [4.78, 5) is 29.0. The van der Waals surface area contributed by atoms with E-state index in [1.807, 2.05) is 30.5 Å². The van der Waals surface area contributed by atoms with Crippen LogP contribution in [0.3, 0.4) is 0 Å². The fourth-order valence-electron chi connectivity index (χ4n) is 3.44. The monoisotopic (exact) mass is 319 g/mol. The van der Waals surface area contributed by atoms with Gasteiger partial charge in [0.25, 0.3) is 5.56 Å². The molecule has 0 atom stereocenters. The molecule has 1 aliphatic heterocycles. The van der Waals surface area contributed by atoms with Gasteiger partial charge in [-0.25, -0.2) is 0 Å². The van der Waals surface area contributed by atoms with E-state index < -0.39 is 0 Å². The van der Waals surface area contributed by atoms with Crippen LogP contribution in [0.1, 0.15) is 11.1 Å². The first-order valence-corrected chi connectivity index (χ1v) is 7.79. The molecule has 24 heavy (non-hydrogen) atoms. The summed E-state index contributed by atoms with van der Waals surface area (Å²) in [7, 11) is 1.75. The number of amides is 1. The molecule has 0 radical (unpaired) electrons. The van der Waals surface area contributed by atoms with E-state index in [-0.39, 0.29) is 11.5 Å². The van der Waals surface area contributed by atoms with Crippen molar-refractivity contribution in [2.24, 2.45) is 7.05 Å². The van der Waals surface area contributed by atoms with Gasteiger partial charge in [-0.3, -0.25) is 9.59 Å². The second-order valence-electron chi connectivity index (χ2n) is 6.07. The zero-order chi connectivity index (χ0) is 16.8. The lowest BCUT2D eigenvalue weighted by Gasteiger charge is -2.13. The first-order chi connectivity index (χ1) is 11.6. The number of aromatic amines is 1. The Morgan fingerprint density at radius 3 is 2.88 bits per heavy atom. The van der Waals surface area contributed by atoms with Crippen LogP contribution in [0.2, 0.25) is 0 Å². The van der Waals surface area contributed by atoms with E-state index in [0.29, 0.717) is 18.6 Å². The third-order valence-electron chi connectivity index (χ3n) is 4.65. The second kappa shape index (κ2) is 5.23. The molecule has 0 saturated heterocycles. The number of aromatic nitrogens is 2. The number of pyridine rings is 1. The highest BCUT2D eigenvalue weighted by Gasteiger charge is 2.25. The van der Waals surface area contributed by atoms with Crippen LogP contribution < -0.4 is 5.56 Å². The largest absolute Gasteiger partial charge is 0.357 e. The summed E-state index contributed by atoms with van der Waals surface area (Å²) in [5.74, 6) is -0.0654. The topological polar surface area (TPSA) is 58.1 Å². The maximum atomic E-state index is 12.3. The summed E-state index contributed by atoms with van der Waals surface area (Å²) in [6, 6.07) is 8.02. The van der Waals surface area contributed by atoms with Crippen molar-refractivity contribution in [3.8, 4) is 11.1 Å². The van der Waals surface area contributed by atoms with E-state index in [2.05, 4.69) is 11.6 Å². The Bertz CT molecular complexity index is 1040. The van der Waals surface area contributed by atoms with Crippen molar-refractivity contribution in [2.75, 3.05) is 0 Å². The molecular weight excluding hydrogens is 302 g/mol. The van der Waals surface area contributed by atoms with Gasteiger partial charge in [-0.15, -0.1) is 0 Å². The molecule has 3 heterocycles. The number of H-pyrrole nitrogens is 1. The number of rotatable bonds is 2. The zero-order valence-corrected chi connectivity index (χ0v) is 13.4. The maximum absolute atomic E-state index is 12.3. The normalized spacial score (nSPS) is 13.3. The van der Waals surface area contributed by atoms with Gasteiger partial charge in [-0.05, 0) is 28.8 Å². The molecule has 4 rings (SSSR count). The first-order valence-electron chi connectivity index (χ1n) is 7.79. The van der Waals surface area contributed by atoms with Crippen LogP contribution in [0.4, 0.5) is 0 Å². The molecule has 0 bridgehead atoms. The number of benzene rings is 1. The highest BCUT2D eigenvalue weighted by Crippen LogP contribution is 2.35. The second-order valence-corrected chi connectivity index (χ2v) is 6.07. The molecule has 1 aromatic carbocycles. The van der Waals surface area contributed by atoms with E-state index >= 15 is 0 Å². The standard InChI is InChI=1S/C19H17N3O2/c1-3-17(23)22-9-12-5-4-6-13(15(12)11-22)16-10-21(2)19(24)18-14(16)7-8-20-18/h3-8,10,20H,1,9,11H2,2H3. The zero-order valence-electron chi connectivity index (χ0n) is 13.4. The van der Waals surface area contributed by atoms with E-state index in [0.717, 1.165) is 27.6 Å². The van der Waals surface area contributed by atoms with Crippen molar-refractivity contribution in [2.45, 2.75) is 13.1 Å². The summed E-state index contributed by atoms with van der Waals surface area (Å²) >= 11 is 0. The summed E-state index contributed by atoms with van der Waals surface area (Å²) < 4.78 is 1.59. The van der Waals surface area contributed by atoms with Crippen LogP contribution in [0.5, 0.6) is 0 Å². The SMILES string of the molecule is C=CC(=O)N1Cc2cccc(-c3cn(C)c(=O)c4[nH]ccc34)c2C1. The Hall–Kier alpha value is -3.08. The predicted molar refractivity (Wildman–Crippen MR) is 93.4 cm³/mol. The number of carbonyl (C=O) groups is 1. The lowest BCUT2D eigenvalue weighted by Crippen LogP contribution is -2.22. The summed E-state index contributed by atoms with van der Waals surface area (Å²) in [5, 5.41) is 0.903. The number of hydrogen-bond acceptors (Lipinski definition) is 2. The Balaban J connectivity index is 1.93. The van der Waals surface area contributed by atoms with Crippen molar-refractivity contribution < 1.29 is 4.79 Å². The molecule has 3 aromatic rings. The Kier molecular flexibility index (Phi) is 3.16. The maximum Gasteiger partial charge on any atom is 0.274 e. The average molecular weight is 319 g/mol. The van der Waals surface area contributed by atoms with E-state index in [1.165, 1.54) is 6.08 Å². The molecule has 0 saturated carbocycles. The quantitative estimate of drug-likeness (QED) is 0.738. The highest BCUT2D eigenvalue weighted by atomic mass is 16.2. The van der Waals surface area contributed by atoms with Crippen LogP contribution in [0.25, 0.3) is 22.0 Å². The van der Waals surface area contributed by atoms with Gasteiger partial charge >= 0.3 is 0 Å². The minimum Gasteiger partial charge on any atom is -0.357 e. The number of aryl methyl sites for hydroxylation is 1. The van der Waals surface area contributed by atoms with Crippen LogP contribution in [-0.2, 0) is 24.9 Å². The van der Waals surface area contributed by atoms with Gasteiger partial charge in [0.2, 0.25) is 5.91 Å². The van der Waals surface area contributed by atoms with Gasteiger partial charge in [0.1, 0.15) is 5.52 Å². The van der Waals surface area contributed by atoms with E-state index in [1.54, 1.807) is 22.7 Å². The van der Waals surface area contributed by atoms with Crippen molar-refractivity contribution in [1.29, 1.82) is 0 Å². The number of hydrogen-bond donors (Lipinski definition) is 1. The summed E-state index contributed by atoms with van der Waals surface area (Å²) in [6.45, 7) is 4.72. The number of nitrogens with one attached hydrogen (secondary N) is 1. The first kappa shape index (κ1) is 14.5. The van der Waals surface area contributed by atoms with Crippen molar-refractivity contribution in [3.05, 3.63) is 70.8 Å². The lowest BCUT2D eigenvalue weighted by molar-refractivity contribution is -0.126. The Morgan fingerprint density at radius 1 is 1.25 bits per heavy atom. The van der Waals surface area contributed by atoms with Crippen molar-refractivity contribution in [3.63, 3.8) is 0 Å². The number of fused-ring (bicyclic) bond motifs is 2. The molecule has 0 fully saturated rings. The van der Waals surface area contributed by atoms with Gasteiger partial charge in [0.15, 0.2) is 0 Å². The number of nitrogens with zero attached hydrogens (tertiary/aromatic N) is 2. The van der Waals surface area contributed by atoms with Crippen molar-refractivity contribution >= 4 is 16.8 Å². The molecule has 1 aliphatic rings. The average Bonchev–Trinajstić information content (AvgIpc) is 3.23. The Labute approximate surface area is 138 Å². The molecular formula is C19H17N3O2. The van der Waals surface area contributed by atoms with Crippen LogP contribution in [-0.4, -0.2) is 20.4 Å². The van der Waals surface area contributed by atoms with Gasteiger partial charge in [0, 0.05) is 43.5 Å². The number of carbonyl (C=O) groups excluding carboxylic acids is 1. The van der Waals surface area contributed by atoms with Crippen molar-refractivity contribution in [1.82, 2.24) is 14.5 Å². The fraction of sp³-hybridized carbons (Fsp3) is 0.158. The van der Waals surface area contributed by atoms with Crippen LogP contribution in [0, 0.1) is 0 Å². The van der Waals surface area contributed by atoms with E-state index in [9.17, 15) is 9.59 Å². The lowest BCUT2D eigenvalue weighted by atomic mass is 9.96. The van der Waals surface area contributed by atoms with Gasteiger partial charge in [-0.2, -0.15) is 0 Å². The summed E-state index contributed by atoms with van der Waals surface area (Å²) in [6.07, 6.45) is 5.00. The molecule has 120 valence electrons. The molecule has 1 N–H and O–H groups in total. The molecule has 0 aliphatic carbocycles. The minimum atomic E-state index is -0.0654. The van der Waals surface area contributed by atoms with E-state index in [4.69, 9.17) is 0 Å². The van der Waals surface area contributed by atoms with Gasteiger partial charge in [0.05, 0.1) is 0 Å². The molecule has 0 spiro atoms. The molecule has 2 aromatic heterocycles. The molecule has 5 heteroatoms. The minimum absolute atomic E-state index is 0.0465. The third kappa shape index (κ3) is 2.01. The van der Waals surface area contributed by atoms with Gasteiger partial charge in [-0.1, -0.05) is 24.8 Å². The van der Waals surface area contributed by atoms with Gasteiger partial charge < -0.3 is 14.5 Å². The van der Waals surface area contributed by atoms with Crippen LogP contribution >= 0.6 is 0 Å². The third-order valence-corrected chi connectivity index (χ3v) is 4.65. The van der Waals surface area contributed by atoms with Crippen LogP contribution in [0.15, 0.2) is 54.1 Å². The highest BCUT2D eigenvalue weighted by molar-refractivity contribution is 5.95. The molecule has 1 amide bonds.